The summed E-state index contributed by atoms with van der Waals surface area (Å²) in [6.07, 6.45) is -0.912. The normalized spacial score (nSPS) is 13.3. The Hall–Kier alpha value is -3.34. The minimum Gasteiger partial charge on any atom is -0.508 e. The van der Waals surface area contributed by atoms with Gasteiger partial charge in [0.15, 0.2) is 0 Å². The number of aliphatic hydroxyl groups is 1. The smallest absolute Gasteiger partial charge is 0.408 e. The van der Waals surface area contributed by atoms with Gasteiger partial charge in [0.25, 0.3) is 0 Å². The number of alkyl carbamates (subject to hydrolysis) is 1. The Bertz CT molecular complexity index is 872. The summed E-state index contributed by atoms with van der Waals surface area (Å²) in [7, 11) is 1.17. The van der Waals surface area contributed by atoms with Crippen LogP contribution in [0.5, 0.6) is 5.75 Å². The van der Waals surface area contributed by atoms with Crippen LogP contribution in [0.25, 0.3) is 0 Å². The quantitative estimate of drug-likeness (QED) is 0.404. The summed E-state index contributed by atoms with van der Waals surface area (Å²) in [5.74, 6) is -2.20. The van der Waals surface area contributed by atoms with Gasteiger partial charge in [0.2, 0.25) is 11.8 Å². The maximum absolute atomic E-state index is 13.6. The number of esters is 1. The summed E-state index contributed by atoms with van der Waals surface area (Å²) in [6.45, 7) is 8.78. The molecule has 2 atom stereocenters. The predicted molar refractivity (Wildman–Crippen MR) is 123 cm³/mol. The first-order valence-electron chi connectivity index (χ1n) is 10.7. The maximum Gasteiger partial charge on any atom is 0.408 e. The summed E-state index contributed by atoms with van der Waals surface area (Å²) in [4.78, 5) is 51.8. The number of hydrogen-bond acceptors (Lipinski definition) is 8. The van der Waals surface area contributed by atoms with Gasteiger partial charge in [0.1, 0.15) is 30.0 Å². The summed E-state index contributed by atoms with van der Waals surface area (Å²) >= 11 is 0. The van der Waals surface area contributed by atoms with E-state index in [4.69, 9.17) is 4.74 Å². The number of nitrogens with one attached hydrogen (secondary N) is 2. The van der Waals surface area contributed by atoms with Crippen LogP contribution in [0, 0.1) is 0 Å². The number of aliphatic hydroxyl groups excluding tert-OH is 1. The van der Waals surface area contributed by atoms with Gasteiger partial charge >= 0.3 is 12.1 Å². The molecule has 0 heterocycles. The molecule has 1 aromatic rings. The maximum atomic E-state index is 13.6. The topological polar surface area (TPSA) is 154 Å². The Morgan fingerprint density at radius 3 is 2.03 bits per heavy atom. The van der Waals surface area contributed by atoms with Gasteiger partial charge in [-0.1, -0.05) is 12.1 Å². The zero-order valence-electron chi connectivity index (χ0n) is 20.7. The van der Waals surface area contributed by atoms with Crippen molar-refractivity contribution < 1.29 is 38.9 Å². The molecule has 0 spiro atoms. The van der Waals surface area contributed by atoms with E-state index < -0.39 is 60.3 Å². The molecule has 190 valence electrons. The van der Waals surface area contributed by atoms with E-state index in [1.165, 1.54) is 36.3 Å². The van der Waals surface area contributed by atoms with Crippen LogP contribution < -0.4 is 10.6 Å². The van der Waals surface area contributed by atoms with Crippen molar-refractivity contribution in [1.29, 1.82) is 0 Å². The Labute approximate surface area is 199 Å². The number of ether oxygens (including phenoxy) is 2. The molecule has 0 aliphatic heterocycles. The summed E-state index contributed by atoms with van der Waals surface area (Å²) in [5.41, 5.74) is -1.48. The summed E-state index contributed by atoms with van der Waals surface area (Å²) in [5, 5.41) is 24.3. The van der Waals surface area contributed by atoms with E-state index in [1.54, 1.807) is 41.5 Å². The summed E-state index contributed by atoms with van der Waals surface area (Å²) in [6, 6.07) is 2.93. The van der Waals surface area contributed by atoms with Gasteiger partial charge < -0.3 is 35.2 Å². The van der Waals surface area contributed by atoms with Gasteiger partial charge in [-0.25, -0.2) is 4.79 Å². The lowest BCUT2D eigenvalue weighted by Crippen LogP contribution is -2.59. The fourth-order valence-electron chi connectivity index (χ4n) is 3.05. The van der Waals surface area contributed by atoms with E-state index in [1.807, 2.05) is 0 Å². The number of aromatic hydroxyl groups is 1. The lowest BCUT2D eigenvalue weighted by atomic mass is 9.95. The minimum absolute atomic E-state index is 0.0501. The van der Waals surface area contributed by atoms with Crippen molar-refractivity contribution in [3.05, 3.63) is 29.8 Å². The number of hydrogen-bond donors (Lipinski definition) is 4. The SMILES string of the molecule is COC(=O)CNC(=O)C(c1ccc(O)cc1)N(C(=O)C(CO)NC(=O)OC(C)(C)C)C(C)(C)C. The second-order valence-electron chi connectivity index (χ2n) is 9.55. The molecule has 0 saturated heterocycles. The predicted octanol–water partition coefficient (Wildman–Crippen LogP) is 1.24. The molecule has 0 saturated carbocycles. The average molecular weight is 482 g/mol. The van der Waals surface area contributed by atoms with Gasteiger partial charge in [-0.15, -0.1) is 0 Å². The highest BCUT2D eigenvalue weighted by Gasteiger charge is 2.41. The van der Waals surface area contributed by atoms with Crippen LogP contribution in [0.2, 0.25) is 0 Å². The molecule has 1 aromatic carbocycles. The largest absolute Gasteiger partial charge is 0.508 e. The van der Waals surface area contributed by atoms with Crippen molar-refractivity contribution in [2.75, 3.05) is 20.3 Å². The Balaban J connectivity index is 3.42. The van der Waals surface area contributed by atoms with Crippen LogP contribution in [0.3, 0.4) is 0 Å². The number of methoxy groups -OCH3 is 1. The third-order valence-corrected chi connectivity index (χ3v) is 4.48. The number of amides is 3. The lowest BCUT2D eigenvalue weighted by molar-refractivity contribution is -0.150. The lowest BCUT2D eigenvalue weighted by Gasteiger charge is -2.42. The fourth-order valence-corrected chi connectivity index (χ4v) is 3.05. The first kappa shape index (κ1) is 28.7. The first-order chi connectivity index (χ1) is 15.6. The molecule has 0 fully saturated rings. The van der Waals surface area contributed by atoms with Crippen LogP contribution in [-0.4, -0.2) is 76.4 Å². The van der Waals surface area contributed by atoms with Crippen molar-refractivity contribution in [3.63, 3.8) is 0 Å². The van der Waals surface area contributed by atoms with Crippen molar-refractivity contribution in [3.8, 4) is 5.75 Å². The third kappa shape index (κ3) is 8.54. The number of benzene rings is 1. The number of phenolic OH excluding ortho intramolecular Hbond substituents is 1. The number of carbonyl (C=O) groups is 4. The van der Waals surface area contributed by atoms with Crippen molar-refractivity contribution in [2.45, 2.75) is 64.8 Å². The van der Waals surface area contributed by atoms with Gasteiger partial charge in [0.05, 0.1) is 13.7 Å². The summed E-state index contributed by atoms with van der Waals surface area (Å²) < 4.78 is 9.73. The fraction of sp³-hybridized carbons (Fsp3) is 0.565. The first-order valence-corrected chi connectivity index (χ1v) is 10.7. The third-order valence-electron chi connectivity index (χ3n) is 4.48. The van der Waals surface area contributed by atoms with Crippen molar-refractivity contribution in [2.24, 2.45) is 0 Å². The number of carbonyl (C=O) groups excluding carboxylic acids is 4. The van der Waals surface area contributed by atoms with Gasteiger partial charge in [-0.3, -0.25) is 14.4 Å². The minimum atomic E-state index is -1.41. The molecule has 0 bridgehead atoms. The molecule has 1 rings (SSSR count). The molecule has 3 amide bonds. The van der Waals surface area contributed by atoms with Crippen LogP contribution in [-0.2, 0) is 23.9 Å². The molecule has 0 aromatic heterocycles. The number of nitrogens with zero attached hydrogens (tertiary/aromatic N) is 1. The Morgan fingerprint density at radius 1 is 1.03 bits per heavy atom. The second-order valence-corrected chi connectivity index (χ2v) is 9.55. The molecular weight excluding hydrogens is 446 g/mol. The highest BCUT2D eigenvalue weighted by Crippen LogP contribution is 2.30. The molecular formula is C23H35N3O8. The van der Waals surface area contributed by atoms with E-state index >= 15 is 0 Å². The molecule has 34 heavy (non-hydrogen) atoms. The molecule has 2 unspecified atom stereocenters. The molecule has 0 radical (unpaired) electrons. The second kappa shape index (κ2) is 11.7. The van der Waals surface area contributed by atoms with Crippen molar-refractivity contribution >= 4 is 23.9 Å². The number of rotatable bonds is 8. The van der Waals surface area contributed by atoms with E-state index in [-0.39, 0.29) is 5.75 Å². The van der Waals surface area contributed by atoms with Crippen molar-refractivity contribution in [1.82, 2.24) is 15.5 Å². The molecule has 0 aliphatic rings. The highest BCUT2D eigenvalue weighted by molar-refractivity contribution is 5.93. The molecule has 11 heteroatoms. The van der Waals surface area contributed by atoms with E-state index in [0.29, 0.717) is 5.56 Å². The zero-order chi connectivity index (χ0) is 26.3. The Morgan fingerprint density at radius 2 is 1.59 bits per heavy atom. The van der Waals surface area contributed by atoms with Crippen LogP contribution in [0.4, 0.5) is 4.79 Å². The average Bonchev–Trinajstić information content (AvgIpc) is 2.71. The van der Waals surface area contributed by atoms with Gasteiger partial charge in [-0.05, 0) is 59.2 Å². The zero-order valence-corrected chi connectivity index (χ0v) is 20.7. The van der Waals surface area contributed by atoms with Gasteiger partial charge in [-0.2, -0.15) is 0 Å². The molecule has 0 aliphatic carbocycles. The van der Waals surface area contributed by atoms with E-state index in [9.17, 15) is 29.4 Å². The van der Waals surface area contributed by atoms with Crippen LogP contribution >= 0.6 is 0 Å². The Kier molecular flexibility index (Phi) is 9.86. The molecule has 11 nitrogen and oxygen atoms in total. The van der Waals surface area contributed by atoms with E-state index in [0.717, 1.165) is 0 Å². The number of phenols is 1. The van der Waals surface area contributed by atoms with Gasteiger partial charge in [0, 0.05) is 5.54 Å². The van der Waals surface area contributed by atoms with E-state index in [2.05, 4.69) is 15.4 Å². The van der Waals surface area contributed by atoms with Crippen LogP contribution in [0.1, 0.15) is 53.1 Å². The monoisotopic (exact) mass is 481 g/mol. The highest BCUT2D eigenvalue weighted by atomic mass is 16.6. The molecule has 4 N–H and O–H groups in total. The van der Waals surface area contributed by atoms with Crippen LogP contribution in [0.15, 0.2) is 24.3 Å². The standard InChI is InChI=1S/C23H35N3O8/c1-22(2,3)26(20(31)16(13-27)25-21(32)34-23(4,5)6)18(14-8-10-15(28)11-9-14)19(30)24-12-17(29)33-7/h8-11,16,18,27-28H,12-13H2,1-7H3,(H,24,30)(H,25,32).